The quantitative estimate of drug-likeness (QED) is 0.666. The van der Waals surface area contributed by atoms with Gasteiger partial charge in [0.05, 0.1) is 5.75 Å². The molecular weight excluding hydrogens is 292 g/mol. The first kappa shape index (κ1) is 19.0. The lowest BCUT2D eigenvalue weighted by atomic mass is 10.2. The Morgan fingerprint density at radius 1 is 1.23 bits per heavy atom. The lowest BCUT2D eigenvalue weighted by Crippen LogP contribution is -2.34. The number of amides is 1. The van der Waals surface area contributed by atoms with Crippen LogP contribution in [0.4, 0.5) is 0 Å². The molecule has 1 rings (SSSR count). The molecule has 1 aromatic rings. The monoisotopic (exact) mass is 322 g/mol. The van der Waals surface area contributed by atoms with Gasteiger partial charge in [-0.3, -0.25) is 4.79 Å². The summed E-state index contributed by atoms with van der Waals surface area (Å²) >= 11 is 1.59. The molecule has 0 spiro atoms. The molecule has 22 heavy (non-hydrogen) atoms. The normalized spacial score (nSPS) is 12.4. The molecule has 1 unspecified atom stereocenters. The lowest BCUT2D eigenvalue weighted by molar-refractivity contribution is -0.119. The van der Waals surface area contributed by atoms with Gasteiger partial charge >= 0.3 is 0 Å². The molecule has 1 atom stereocenters. The second kappa shape index (κ2) is 10.7. The van der Waals surface area contributed by atoms with Crippen molar-refractivity contribution in [2.24, 2.45) is 0 Å². The van der Waals surface area contributed by atoms with Crippen molar-refractivity contribution in [3.05, 3.63) is 29.8 Å². The SMILES string of the molecule is CCN(CC)CCCC(C)NC(=O)CSc1ccc(C)cc1. The maximum Gasteiger partial charge on any atom is 0.230 e. The zero-order chi connectivity index (χ0) is 16.4. The number of carbonyl (C=O) groups is 1. The van der Waals surface area contributed by atoms with Crippen molar-refractivity contribution >= 4 is 17.7 Å². The van der Waals surface area contributed by atoms with Gasteiger partial charge < -0.3 is 10.2 Å². The van der Waals surface area contributed by atoms with Gasteiger partial charge in [0.15, 0.2) is 0 Å². The van der Waals surface area contributed by atoms with Gasteiger partial charge in [-0.15, -0.1) is 11.8 Å². The lowest BCUT2D eigenvalue weighted by Gasteiger charge is -2.19. The van der Waals surface area contributed by atoms with Crippen LogP contribution in [-0.4, -0.2) is 42.2 Å². The second-order valence-electron chi connectivity index (χ2n) is 5.74. The predicted octanol–water partition coefficient (Wildman–Crippen LogP) is 3.71. The average molecular weight is 323 g/mol. The summed E-state index contributed by atoms with van der Waals surface area (Å²) in [4.78, 5) is 15.5. The van der Waals surface area contributed by atoms with E-state index in [2.05, 4.69) is 62.2 Å². The summed E-state index contributed by atoms with van der Waals surface area (Å²) in [5.41, 5.74) is 1.25. The number of nitrogens with one attached hydrogen (secondary N) is 1. The van der Waals surface area contributed by atoms with Crippen LogP contribution in [-0.2, 0) is 4.79 Å². The topological polar surface area (TPSA) is 32.3 Å². The van der Waals surface area contributed by atoms with Gasteiger partial charge in [-0.1, -0.05) is 31.5 Å². The highest BCUT2D eigenvalue weighted by Crippen LogP contribution is 2.17. The van der Waals surface area contributed by atoms with E-state index in [1.165, 1.54) is 5.56 Å². The molecule has 1 N–H and O–H groups in total. The number of hydrogen-bond acceptors (Lipinski definition) is 3. The van der Waals surface area contributed by atoms with Gasteiger partial charge in [0.1, 0.15) is 0 Å². The van der Waals surface area contributed by atoms with Crippen LogP contribution in [0.3, 0.4) is 0 Å². The molecule has 0 aliphatic heterocycles. The number of thioether (sulfide) groups is 1. The summed E-state index contributed by atoms with van der Waals surface area (Å²) in [6.07, 6.45) is 2.17. The number of benzene rings is 1. The number of nitrogens with zero attached hydrogens (tertiary/aromatic N) is 1. The Kier molecular flexibility index (Phi) is 9.25. The molecule has 0 saturated heterocycles. The molecule has 0 bridgehead atoms. The summed E-state index contributed by atoms with van der Waals surface area (Å²) in [5, 5.41) is 3.09. The first-order chi connectivity index (χ1) is 10.5. The van der Waals surface area contributed by atoms with Crippen molar-refractivity contribution in [3.63, 3.8) is 0 Å². The van der Waals surface area contributed by atoms with Crippen LogP contribution in [0, 0.1) is 6.92 Å². The first-order valence-corrected chi connectivity index (χ1v) is 9.24. The number of aryl methyl sites for hydroxylation is 1. The van der Waals surface area contributed by atoms with Crippen molar-refractivity contribution in [1.82, 2.24) is 10.2 Å². The van der Waals surface area contributed by atoms with E-state index in [1.54, 1.807) is 11.8 Å². The van der Waals surface area contributed by atoms with E-state index >= 15 is 0 Å². The van der Waals surface area contributed by atoms with Crippen LogP contribution in [0.2, 0.25) is 0 Å². The van der Waals surface area contributed by atoms with Crippen LogP contribution in [0.5, 0.6) is 0 Å². The third-order valence-electron chi connectivity index (χ3n) is 3.80. The molecule has 0 heterocycles. The first-order valence-electron chi connectivity index (χ1n) is 8.26. The molecule has 1 aromatic carbocycles. The molecule has 1 amide bonds. The molecule has 0 fully saturated rings. The van der Waals surface area contributed by atoms with Crippen LogP contribution in [0.25, 0.3) is 0 Å². The van der Waals surface area contributed by atoms with Gasteiger partial charge in [-0.05, 0) is 58.5 Å². The van der Waals surface area contributed by atoms with Crippen LogP contribution in [0.15, 0.2) is 29.2 Å². The fourth-order valence-electron chi connectivity index (χ4n) is 2.33. The fraction of sp³-hybridized carbons (Fsp3) is 0.611. The summed E-state index contributed by atoms with van der Waals surface area (Å²) in [6.45, 7) is 11.9. The van der Waals surface area contributed by atoms with E-state index in [1.807, 2.05) is 0 Å². The minimum absolute atomic E-state index is 0.126. The minimum atomic E-state index is 0.126. The van der Waals surface area contributed by atoms with Gasteiger partial charge in [-0.25, -0.2) is 0 Å². The molecule has 0 saturated carbocycles. The zero-order valence-corrected chi connectivity index (χ0v) is 15.2. The van der Waals surface area contributed by atoms with E-state index in [4.69, 9.17) is 0 Å². The minimum Gasteiger partial charge on any atom is -0.353 e. The Bertz CT molecular complexity index is 429. The highest BCUT2D eigenvalue weighted by Gasteiger charge is 2.08. The van der Waals surface area contributed by atoms with Crippen LogP contribution in [0.1, 0.15) is 39.2 Å². The van der Waals surface area contributed by atoms with E-state index < -0.39 is 0 Å². The number of hydrogen-bond donors (Lipinski definition) is 1. The molecule has 124 valence electrons. The zero-order valence-electron chi connectivity index (χ0n) is 14.4. The van der Waals surface area contributed by atoms with Crippen molar-refractivity contribution in [1.29, 1.82) is 0 Å². The van der Waals surface area contributed by atoms with Gasteiger partial charge in [0.25, 0.3) is 0 Å². The largest absolute Gasteiger partial charge is 0.353 e. The Morgan fingerprint density at radius 3 is 2.45 bits per heavy atom. The standard InChI is InChI=1S/C18H30N2OS/c1-5-20(6-2)13-7-8-16(4)19-18(21)14-22-17-11-9-15(3)10-12-17/h9-12,16H,5-8,13-14H2,1-4H3,(H,19,21). The highest BCUT2D eigenvalue weighted by molar-refractivity contribution is 8.00. The third-order valence-corrected chi connectivity index (χ3v) is 4.82. The van der Waals surface area contributed by atoms with Crippen molar-refractivity contribution in [2.45, 2.75) is 51.5 Å². The Morgan fingerprint density at radius 2 is 1.86 bits per heavy atom. The van der Waals surface area contributed by atoms with E-state index in [0.29, 0.717) is 5.75 Å². The number of rotatable bonds is 10. The summed E-state index contributed by atoms with van der Waals surface area (Å²) in [6, 6.07) is 8.55. The Balaban J connectivity index is 2.19. The average Bonchev–Trinajstić information content (AvgIpc) is 2.51. The van der Waals surface area contributed by atoms with E-state index in [9.17, 15) is 4.79 Å². The van der Waals surface area contributed by atoms with E-state index in [-0.39, 0.29) is 11.9 Å². The molecule has 3 nitrogen and oxygen atoms in total. The molecule has 0 radical (unpaired) electrons. The van der Waals surface area contributed by atoms with Crippen molar-refractivity contribution < 1.29 is 4.79 Å². The van der Waals surface area contributed by atoms with Crippen molar-refractivity contribution in [3.8, 4) is 0 Å². The predicted molar refractivity (Wildman–Crippen MR) is 96.5 cm³/mol. The van der Waals surface area contributed by atoms with Crippen LogP contribution >= 0.6 is 11.8 Å². The molecule has 0 aromatic heterocycles. The van der Waals surface area contributed by atoms with Crippen molar-refractivity contribution in [2.75, 3.05) is 25.4 Å². The highest BCUT2D eigenvalue weighted by atomic mass is 32.2. The smallest absolute Gasteiger partial charge is 0.230 e. The Hall–Kier alpha value is -1.00. The molecule has 0 aliphatic carbocycles. The second-order valence-corrected chi connectivity index (χ2v) is 6.79. The fourth-order valence-corrected chi connectivity index (χ4v) is 3.04. The molecule has 0 aliphatic rings. The Labute approximate surface area is 139 Å². The van der Waals surface area contributed by atoms with E-state index in [0.717, 1.165) is 37.4 Å². The molecular formula is C18H30N2OS. The number of carbonyl (C=O) groups excluding carboxylic acids is 1. The van der Waals surface area contributed by atoms with Gasteiger partial charge in [0.2, 0.25) is 5.91 Å². The molecule has 4 heteroatoms. The summed E-state index contributed by atoms with van der Waals surface area (Å²) < 4.78 is 0. The van der Waals surface area contributed by atoms with Gasteiger partial charge in [-0.2, -0.15) is 0 Å². The maximum absolute atomic E-state index is 12.0. The maximum atomic E-state index is 12.0. The summed E-state index contributed by atoms with van der Waals surface area (Å²) in [7, 11) is 0. The van der Waals surface area contributed by atoms with Gasteiger partial charge in [0, 0.05) is 10.9 Å². The van der Waals surface area contributed by atoms with Crippen LogP contribution < -0.4 is 5.32 Å². The summed E-state index contributed by atoms with van der Waals surface area (Å²) in [5.74, 6) is 0.615. The third kappa shape index (κ3) is 7.85.